The van der Waals surface area contributed by atoms with Crippen LogP contribution in [-0.2, 0) is 0 Å². The summed E-state index contributed by atoms with van der Waals surface area (Å²) in [4.78, 5) is 15.7. The first kappa shape index (κ1) is 33.3. The topological polar surface area (TPSA) is 43.6 Å². The van der Waals surface area contributed by atoms with Gasteiger partial charge in [-0.05, 0) is 104 Å². The van der Waals surface area contributed by atoms with Crippen molar-refractivity contribution in [3.05, 3.63) is 194 Å². The van der Waals surface area contributed by atoms with Crippen LogP contribution in [0.15, 0.2) is 194 Å². The number of para-hydroxylation sites is 1. The maximum Gasteiger partial charge on any atom is 0.164 e. The van der Waals surface area contributed by atoms with Crippen LogP contribution >= 0.6 is 11.3 Å². The van der Waals surface area contributed by atoms with Gasteiger partial charge in [0.2, 0.25) is 0 Å². The lowest BCUT2D eigenvalue weighted by Crippen LogP contribution is -2.00. The van der Waals surface area contributed by atoms with E-state index in [9.17, 15) is 0 Å². The molecule has 10 aromatic carbocycles. The Morgan fingerprint density at radius 3 is 1.62 bits per heavy atom. The number of hydrogen-bond acceptors (Lipinski definition) is 4. The molecule has 0 aliphatic heterocycles. The summed E-state index contributed by atoms with van der Waals surface area (Å²) in [5.41, 5.74) is 6.29. The van der Waals surface area contributed by atoms with E-state index in [1.807, 2.05) is 11.3 Å². The quantitative estimate of drug-likeness (QED) is 0.167. The van der Waals surface area contributed by atoms with E-state index in [1.54, 1.807) is 0 Å². The van der Waals surface area contributed by atoms with Gasteiger partial charge in [-0.2, -0.15) is 0 Å². The summed E-state index contributed by atoms with van der Waals surface area (Å²) in [5, 5.41) is 14.6. The summed E-state index contributed by atoms with van der Waals surface area (Å²) in [6.45, 7) is 0. The maximum absolute atomic E-state index is 5.26. The van der Waals surface area contributed by atoms with Crippen LogP contribution in [-0.4, -0.2) is 19.5 Å². The zero-order valence-electron chi connectivity index (χ0n) is 32.2. The summed E-state index contributed by atoms with van der Waals surface area (Å²) < 4.78 is 4.92. The highest BCUT2D eigenvalue weighted by molar-refractivity contribution is 7.25. The molecule has 0 fully saturated rings. The van der Waals surface area contributed by atoms with Gasteiger partial charge >= 0.3 is 0 Å². The van der Waals surface area contributed by atoms with Crippen molar-refractivity contribution < 1.29 is 0 Å². The van der Waals surface area contributed by atoms with E-state index in [-0.39, 0.29) is 0 Å². The van der Waals surface area contributed by atoms with Gasteiger partial charge in [-0.25, -0.2) is 15.0 Å². The lowest BCUT2D eigenvalue weighted by atomic mass is 9.94. The second-order valence-electron chi connectivity index (χ2n) is 15.5. The molecule has 60 heavy (non-hydrogen) atoms. The molecule has 0 saturated heterocycles. The lowest BCUT2D eigenvalue weighted by molar-refractivity contribution is 1.08. The number of aromatic nitrogens is 4. The van der Waals surface area contributed by atoms with Crippen molar-refractivity contribution in [2.45, 2.75) is 0 Å². The Kier molecular flexibility index (Phi) is 7.14. The molecule has 0 saturated carbocycles. The highest BCUT2D eigenvalue weighted by Crippen LogP contribution is 2.41. The van der Waals surface area contributed by atoms with Crippen LogP contribution in [0.2, 0.25) is 0 Å². The average molecular weight is 781 g/mol. The van der Waals surface area contributed by atoms with Gasteiger partial charge in [0.1, 0.15) is 0 Å². The van der Waals surface area contributed by atoms with E-state index in [4.69, 9.17) is 15.0 Å². The molecule has 0 amide bonds. The highest BCUT2D eigenvalue weighted by Gasteiger charge is 2.19. The Morgan fingerprint density at radius 1 is 0.317 bits per heavy atom. The van der Waals surface area contributed by atoms with Gasteiger partial charge in [-0.1, -0.05) is 133 Å². The van der Waals surface area contributed by atoms with Gasteiger partial charge in [0.15, 0.2) is 17.5 Å². The standard InChI is InChI=1S/C55H32N4S/c1-2-14-37-33(12-1)13-11-21-45(37)55-57-53(56-54(58-55)35-25-29-52-48(31-35)44-20-8-10-23-51(44)60-52)34-24-28-50-47(30-34)43-19-7-9-22-49(43)59(50)36-26-27-42-40-17-4-3-15-38(40)39-16-5-6-18-41(39)46(42)32-36/h1-32H. The Morgan fingerprint density at radius 2 is 0.850 bits per heavy atom. The van der Waals surface area contributed by atoms with Crippen LogP contribution in [0, 0.1) is 0 Å². The molecule has 0 aliphatic carbocycles. The fourth-order valence-corrected chi connectivity index (χ4v) is 10.6. The summed E-state index contributed by atoms with van der Waals surface area (Å²) >= 11 is 1.82. The first-order valence-corrected chi connectivity index (χ1v) is 21.1. The number of hydrogen-bond donors (Lipinski definition) is 0. The molecule has 0 radical (unpaired) electrons. The Balaban J connectivity index is 1.03. The van der Waals surface area contributed by atoms with Crippen LogP contribution in [0.5, 0.6) is 0 Å². The third kappa shape index (κ3) is 5.00. The van der Waals surface area contributed by atoms with E-state index in [2.05, 4.69) is 199 Å². The number of benzene rings is 10. The van der Waals surface area contributed by atoms with Crippen LogP contribution in [0.3, 0.4) is 0 Å². The molecule has 0 bridgehead atoms. The van der Waals surface area contributed by atoms with Crippen molar-refractivity contribution in [3.8, 4) is 39.9 Å². The number of nitrogens with zero attached hydrogens (tertiary/aromatic N) is 4. The highest BCUT2D eigenvalue weighted by atomic mass is 32.1. The van der Waals surface area contributed by atoms with E-state index < -0.39 is 0 Å². The third-order valence-electron chi connectivity index (χ3n) is 12.2. The number of fused-ring (bicyclic) bond motifs is 13. The molecular weight excluding hydrogens is 749 g/mol. The maximum atomic E-state index is 5.26. The fraction of sp³-hybridized carbons (Fsp3) is 0. The monoisotopic (exact) mass is 780 g/mol. The lowest BCUT2D eigenvalue weighted by Gasteiger charge is -2.14. The summed E-state index contributed by atoms with van der Waals surface area (Å²) in [5.74, 6) is 1.94. The zero-order chi connectivity index (χ0) is 39.3. The van der Waals surface area contributed by atoms with E-state index >= 15 is 0 Å². The van der Waals surface area contributed by atoms with Gasteiger partial charge in [0.25, 0.3) is 0 Å². The molecule has 13 aromatic rings. The third-order valence-corrected chi connectivity index (χ3v) is 13.4. The predicted octanol–water partition coefficient (Wildman–Crippen LogP) is 15.0. The second kappa shape index (κ2) is 12.9. The van der Waals surface area contributed by atoms with Crippen molar-refractivity contribution in [2.75, 3.05) is 0 Å². The molecule has 5 heteroatoms. The number of rotatable bonds is 4. The van der Waals surface area contributed by atoms with Crippen LogP contribution < -0.4 is 0 Å². The predicted molar refractivity (Wildman–Crippen MR) is 253 cm³/mol. The Hall–Kier alpha value is -7.73. The van der Waals surface area contributed by atoms with Crippen molar-refractivity contribution in [3.63, 3.8) is 0 Å². The second-order valence-corrected chi connectivity index (χ2v) is 16.6. The molecule has 0 aliphatic rings. The van der Waals surface area contributed by atoms with E-state index in [0.29, 0.717) is 17.5 Å². The average Bonchev–Trinajstić information content (AvgIpc) is 3.86. The molecule has 13 rings (SSSR count). The van der Waals surface area contributed by atoms with Crippen LogP contribution in [0.4, 0.5) is 0 Å². The van der Waals surface area contributed by atoms with Crippen LogP contribution in [0.1, 0.15) is 0 Å². The van der Waals surface area contributed by atoms with Gasteiger partial charge < -0.3 is 4.57 Å². The van der Waals surface area contributed by atoms with E-state index in [1.165, 1.54) is 57.9 Å². The molecular formula is C55H32N4S. The molecule has 278 valence electrons. The van der Waals surface area contributed by atoms with Gasteiger partial charge in [0.05, 0.1) is 11.0 Å². The molecule has 3 aromatic heterocycles. The van der Waals surface area contributed by atoms with Gasteiger partial charge in [-0.15, -0.1) is 11.3 Å². The smallest absolute Gasteiger partial charge is 0.164 e. The largest absolute Gasteiger partial charge is 0.309 e. The fourth-order valence-electron chi connectivity index (χ4n) is 9.47. The normalized spacial score (nSPS) is 12.0. The van der Waals surface area contributed by atoms with Gasteiger partial charge in [-0.3, -0.25) is 0 Å². The summed E-state index contributed by atoms with van der Waals surface area (Å²) in [7, 11) is 0. The molecule has 3 heterocycles. The van der Waals surface area contributed by atoms with Crippen LogP contribution in [0.25, 0.3) is 125 Å². The number of thiophene rings is 1. The molecule has 0 N–H and O–H groups in total. The zero-order valence-corrected chi connectivity index (χ0v) is 33.0. The molecule has 0 spiro atoms. The van der Waals surface area contributed by atoms with Crippen molar-refractivity contribution >= 4 is 96.4 Å². The summed E-state index contributed by atoms with van der Waals surface area (Å²) in [6.07, 6.45) is 0. The molecule has 0 atom stereocenters. The summed E-state index contributed by atoms with van der Waals surface area (Å²) in [6, 6.07) is 69.8. The first-order valence-electron chi connectivity index (χ1n) is 20.3. The van der Waals surface area contributed by atoms with E-state index in [0.717, 1.165) is 49.6 Å². The van der Waals surface area contributed by atoms with Gasteiger partial charge in [0, 0.05) is 53.3 Å². The van der Waals surface area contributed by atoms with Crippen molar-refractivity contribution in [2.24, 2.45) is 0 Å². The van der Waals surface area contributed by atoms with Crippen molar-refractivity contribution in [1.29, 1.82) is 0 Å². The Bertz CT molecular complexity index is 3870. The minimum Gasteiger partial charge on any atom is -0.309 e. The minimum atomic E-state index is 0.640. The Labute approximate surface area is 348 Å². The SMILES string of the molecule is c1ccc2c(-c3nc(-c4ccc5sc6ccccc6c5c4)nc(-c4ccc5c(c4)c4ccccc4n5-c4ccc5c6ccccc6c6ccccc6c5c4)n3)cccc2c1. The van der Waals surface area contributed by atoms with Crippen molar-refractivity contribution in [1.82, 2.24) is 19.5 Å². The first-order chi connectivity index (χ1) is 29.7. The molecule has 4 nitrogen and oxygen atoms in total. The minimum absolute atomic E-state index is 0.640. The molecule has 0 unspecified atom stereocenters.